The smallest absolute Gasteiger partial charge is 0.200 e. The molecule has 4 heteroatoms. The Labute approximate surface area is 133 Å². The maximum Gasteiger partial charge on any atom is 0.200 e. The van der Waals surface area contributed by atoms with Crippen molar-refractivity contribution in [2.75, 3.05) is 0 Å². The van der Waals surface area contributed by atoms with Crippen LogP contribution in [0.3, 0.4) is 0 Å². The highest BCUT2D eigenvalue weighted by atomic mass is 16.3. The zero-order chi connectivity index (χ0) is 16.6. The van der Waals surface area contributed by atoms with Crippen molar-refractivity contribution in [3.63, 3.8) is 0 Å². The molecular weight excluding hydrogens is 292 g/mol. The summed E-state index contributed by atoms with van der Waals surface area (Å²) in [5.41, 5.74) is 2.21. The normalized spacial score (nSPS) is 11.3. The first-order valence-corrected chi connectivity index (χ1v) is 7.51. The van der Waals surface area contributed by atoms with Gasteiger partial charge in [0.2, 0.25) is 5.43 Å². The van der Waals surface area contributed by atoms with E-state index in [0.717, 1.165) is 11.1 Å². The maximum absolute atomic E-state index is 13.0. The summed E-state index contributed by atoms with van der Waals surface area (Å²) in [7, 11) is 0. The summed E-state index contributed by atoms with van der Waals surface area (Å²) in [6, 6.07) is 11.7. The van der Waals surface area contributed by atoms with E-state index >= 15 is 0 Å². The Bertz CT molecular complexity index is 922. The van der Waals surface area contributed by atoms with Gasteiger partial charge in [0.15, 0.2) is 0 Å². The van der Waals surface area contributed by atoms with Gasteiger partial charge in [0.25, 0.3) is 0 Å². The van der Waals surface area contributed by atoms with Gasteiger partial charge in [-0.1, -0.05) is 32.0 Å². The molecule has 4 nitrogen and oxygen atoms in total. The third kappa shape index (κ3) is 2.73. The van der Waals surface area contributed by atoms with Crippen molar-refractivity contribution in [2.24, 2.45) is 0 Å². The van der Waals surface area contributed by atoms with Gasteiger partial charge in [-0.3, -0.25) is 4.79 Å². The SMILES string of the molecule is CC(C)c1oc2cc(O)ccc2c(=O)c1-c1cccc(CO)c1. The minimum Gasteiger partial charge on any atom is -0.508 e. The predicted octanol–water partition coefficient (Wildman–Crippen LogP) is 3.78. The number of benzene rings is 2. The number of fused-ring (bicyclic) bond motifs is 1. The van der Waals surface area contributed by atoms with Crippen LogP contribution in [0.5, 0.6) is 5.75 Å². The van der Waals surface area contributed by atoms with Crippen molar-refractivity contribution in [3.05, 3.63) is 64.0 Å². The first kappa shape index (κ1) is 15.3. The highest BCUT2D eigenvalue weighted by Gasteiger charge is 2.19. The molecule has 0 radical (unpaired) electrons. The summed E-state index contributed by atoms with van der Waals surface area (Å²) >= 11 is 0. The summed E-state index contributed by atoms with van der Waals surface area (Å²) < 4.78 is 5.92. The van der Waals surface area contributed by atoms with E-state index in [4.69, 9.17) is 4.42 Å². The highest BCUT2D eigenvalue weighted by molar-refractivity contribution is 5.84. The van der Waals surface area contributed by atoms with Crippen LogP contribution in [-0.4, -0.2) is 10.2 Å². The van der Waals surface area contributed by atoms with Crippen LogP contribution < -0.4 is 5.43 Å². The third-order valence-electron chi connectivity index (χ3n) is 3.83. The van der Waals surface area contributed by atoms with Gasteiger partial charge in [-0.2, -0.15) is 0 Å². The summed E-state index contributed by atoms with van der Waals surface area (Å²) in [6.07, 6.45) is 0. The Balaban J connectivity index is 2.38. The second-order valence-corrected chi connectivity index (χ2v) is 5.86. The van der Waals surface area contributed by atoms with Gasteiger partial charge in [-0.05, 0) is 29.3 Å². The van der Waals surface area contributed by atoms with Crippen molar-refractivity contribution in [2.45, 2.75) is 26.4 Å². The number of hydrogen-bond donors (Lipinski definition) is 2. The summed E-state index contributed by atoms with van der Waals surface area (Å²) in [5, 5.41) is 19.4. The minimum atomic E-state index is -0.134. The highest BCUT2D eigenvalue weighted by Crippen LogP contribution is 2.31. The maximum atomic E-state index is 13.0. The average Bonchev–Trinajstić information content (AvgIpc) is 2.54. The van der Waals surface area contributed by atoms with Gasteiger partial charge in [0.05, 0.1) is 17.6 Å². The lowest BCUT2D eigenvalue weighted by atomic mass is 9.96. The molecule has 0 saturated heterocycles. The molecule has 0 fully saturated rings. The minimum absolute atomic E-state index is 0.00207. The van der Waals surface area contributed by atoms with Crippen molar-refractivity contribution < 1.29 is 14.6 Å². The number of phenolic OH excluding ortho intramolecular Hbond substituents is 1. The molecule has 2 aromatic carbocycles. The molecule has 0 aliphatic rings. The molecule has 1 aromatic heterocycles. The number of aromatic hydroxyl groups is 1. The molecule has 2 N–H and O–H groups in total. The molecule has 0 unspecified atom stereocenters. The van der Waals surface area contributed by atoms with Crippen molar-refractivity contribution in [3.8, 4) is 16.9 Å². The van der Waals surface area contributed by atoms with Crippen LogP contribution in [0.4, 0.5) is 0 Å². The Kier molecular flexibility index (Phi) is 3.92. The lowest BCUT2D eigenvalue weighted by molar-refractivity contribution is 0.282. The van der Waals surface area contributed by atoms with E-state index in [1.807, 2.05) is 26.0 Å². The van der Waals surface area contributed by atoms with E-state index in [9.17, 15) is 15.0 Å². The predicted molar refractivity (Wildman–Crippen MR) is 89.6 cm³/mol. The summed E-state index contributed by atoms with van der Waals surface area (Å²) in [4.78, 5) is 13.0. The van der Waals surface area contributed by atoms with Gasteiger partial charge >= 0.3 is 0 Å². The van der Waals surface area contributed by atoms with E-state index in [0.29, 0.717) is 22.3 Å². The van der Waals surface area contributed by atoms with Gasteiger partial charge in [0, 0.05) is 12.0 Å². The number of hydrogen-bond acceptors (Lipinski definition) is 4. The number of aliphatic hydroxyl groups excluding tert-OH is 1. The first-order chi connectivity index (χ1) is 11.0. The molecule has 23 heavy (non-hydrogen) atoms. The molecule has 0 aliphatic carbocycles. The second-order valence-electron chi connectivity index (χ2n) is 5.86. The van der Waals surface area contributed by atoms with Crippen LogP contribution >= 0.6 is 0 Å². The van der Waals surface area contributed by atoms with E-state index in [2.05, 4.69) is 0 Å². The molecular formula is C19H18O4. The molecule has 0 atom stereocenters. The van der Waals surface area contributed by atoms with Crippen LogP contribution in [-0.2, 0) is 6.61 Å². The molecule has 0 bridgehead atoms. The molecule has 3 rings (SSSR count). The van der Waals surface area contributed by atoms with Crippen molar-refractivity contribution in [1.82, 2.24) is 0 Å². The third-order valence-corrected chi connectivity index (χ3v) is 3.83. The van der Waals surface area contributed by atoms with Crippen molar-refractivity contribution in [1.29, 1.82) is 0 Å². The molecule has 0 saturated carbocycles. The van der Waals surface area contributed by atoms with Crippen LogP contribution in [0, 0.1) is 0 Å². The Morgan fingerprint density at radius 3 is 2.61 bits per heavy atom. The molecule has 3 aromatic rings. The van der Waals surface area contributed by atoms with Gasteiger partial charge in [-0.15, -0.1) is 0 Å². The van der Waals surface area contributed by atoms with Gasteiger partial charge < -0.3 is 14.6 Å². The van der Waals surface area contributed by atoms with E-state index in [1.165, 1.54) is 12.1 Å². The molecule has 1 heterocycles. The zero-order valence-electron chi connectivity index (χ0n) is 13.0. The Morgan fingerprint density at radius 2 is 1.91 bits per heavy atom. The standard InChI is InChI=1S/C19H18O4/c1-11(2)19-17(13-5-3-4-12(8-13)10-20)18(22)15-7-6-14(21)9-16(15)23-19/h3-9,11,20-21H,10H2,1-2H3. The average molecular weight is 310 g/mol. The van der Waals surface area contributed by atoms with E-state index < -0.39 is 0 Å². The fourth-order valence-electron chi connectivity index (χ4n) is 2.70. The topological polar surface area (TPSA) is 70.7 Å². The monoisotopic (exact) mass is 310 g/mol. The van der Waals surface area contributed by atoms with E-state index in [-0.39, 0.29) is 23.7 Å². The van der Waals surface area contributed by atoms with Crippen LogP contribution in [0.2, 0.25) is 0 Å². The second kappa shape index (κ2) is 5.89. The molecule has 0 amide bonds. The molecule has 0 aliphatic heterocycles. The first-order valence-electron chi connectivity index (χ1n) is 7.51. The largest absolute Gasteiger partial charge is 0.508 e. The van der Waals surface area contributed by atoms with Crippen LogP contribution in [0.25, 0.3) is 22.1 Å². The summed E-state index contributed by atoms with van der Waals surface area (Å²) in [5.74, 6) is 0.635. The fraction of sp³-hybridized carbons (Fsp3) is 0.211. The molecule has 118 valence electrons. The quantitative estimate of drug-likeness (QED) is 0.772. The number of aliphatic hydroxyl groups is 1. The zero-order valence-corrected chi connectivity index (χ0v) is 13.0. The van der Waals surface area contributed by atoms with Gasteiger partial charge in [-0.25, -0.2) is 0 Å². The van der Waals surface area contributed by atoms with Crippen LogP contribution in [0.1, 0.15) is 31.1 Å². The fourth-order valence-corrected chi connectivity index (χ4v) is 2.70. The number of phenols is 1. The summed E-state index contributed by atoms with van der Waals surface area (Å²) in [6.45, 7) is 3.82. The molecule has 0 spiro atoms. The lowest BCUT2D eigenvalue weighted by Crippen LogP contribution is -2.10. The van der Waals surface area contributed by atoms with Crippen LogP contribution in [0.15, 0.2) is 51.7 Å². The number of rotatable bonds is 3. The van der Waals surface area contributed by atoms with E-state index in [1.54, 1.807) is 18.2 Å². The van der Waals surface area contributed by atoms with Gasteiger partial charge in [0.1, 0.15) is 17.1 Å². The lowest BCUT2D eigenvalue weighted by Gasteiger charge is -2.13. The Hall–Kier alpha value is -2.59. The Morgan fingerprint density at radius 1 is 1.13 bits per heavy atom. The van der Waals surface area contributed by atoms with Crippen molar-refractivity contribution >= 4 is 11.0 Å².